The molecule has 0 unspecified atom stereocenters. The first-order valence-corrected chi connectivity index (χ1v) is 4.02. The van der Waals surface area contributed by atoms with E-state index in [-0.39, 0.29) is 12.0 Å². The fraction of sp³-hybridized carbons (Fsp3) is 0.714. The zero-order valence-corrected chi connectivity index (χ0v) is 6.92. The average Bonchev–Trinajstić information content (AvgIpc) is 2.05. The Bertz CT molecular complexity index is 174. The molecule has 0 bridgehead atoms. The Balaban J connectivity index is 2.26. The van der Waals surface area contributed by atoms with Crippen molar-refractivity contribution in [1.29, 1.82) is 5.41 Å². The van der Waals surface area contributed by atoms with E-state index in [9.17, 15) is 4.79 Å². The normalized spacial score (nSPS) is 18.8. The van der Waals surface area contributed by atoms with Gasteiger partial charge in [-0.15, -0.1) is 0 Å². The maximum Gasteiger partial charge on any atom is 0.209 e. The third-order valence-corrected chi connectivity index (χ3v) is 2.04. The number of nitrogens with one attached hydrogen (secondary N) is 2. The molecular formula is C7H14N4O. The summed E-state index contributed by atoms with van der Waals surface area (Å²) in [6.07, 6.45) is 2.61. The molecule has 0 radical (unpaired) electrons. The molecule has 4 N–H and O–H groups in total. The van der Waals surface area contributed by atoms with Gasteiger partial charge < -0.3 is 16.0 Å². The van der Waals surface area contributed by atoms with Gasteiger partial charge in [-0.25, -0.2) is 0 Å². The third kappa shape index (κ3) is 2.41. The molecule has 1 heterocycles. The maximum atomic E-state index is 10.3. The molecule has 0 spiro atoms. The van der Waals surface area contributed by atoms with E-state index in [2.05, 4.69) is 5.32 Å². The van der Waals surface area contributed by atoms with Crippen molar-refractivity contribution in [3.8, 4) is 0 Å². The number of nitrogens with zero attached hydrogens (tertiary/aromatic N) is 1. The van der Waals surface area contributed by atoms with E-state index in [0.29, 0.717) is 0 Å². The summed E-state index contributed by atoms with van der Waals surface area (Å²) in [5.41, 5.74) is 5.18. The van der Waals surface area contributed by atoms with E-state index in [1.807, 2.05) is 0 Å². The standard InChI is InChI=1S/C7H14N4O/c8-7(9)10-6-1-3-11(5-12)4-2-6/h5-6H,1-4H2,(H4,8,9,10). The summed E-state index contributed by atoms with van der Waals surface area (Å²) in [5, 5.41) is 9.85. The molecule has 0 aromatic heterocycles. The highest BCUT2D eigenvalue weighted by Crippen LogP contribution is 2.07. The van der Waals surface area contributed by atoms with Crippen LogP contribution in [0.4, 0.5) is 0 Å². The van der Waals surface area contributed by atoms with Crippen LogP contribution in [-0.2, 0) is 4.79 Å². The molecule has 1 aliphatic heterocycles. The van der Waals surface area contributed by atoms with E-state index >= 15 is 0 Å². The van der Waals surface area contributed by atoms with Gasteiger partial charge in [0, 0.05) is 19.1 Å². The minimum Gasteiger partial charge on any atom is -0.370 e. The first kappa shape index (κ1) is 8.83. The lowest BCUT2D eigenvalue weighted by Crippen LogP contribution is -2.46. The molecule has 1 amide bonds. The fourth-order valence-corrected chi connectivity index (χ4v) is 1.37. The molecule has 0 aromatic rings. The Hall–Kier alpha value is -1.26. The molecule has 1 aliphatic rings. The molecule has 1 saturated heterocycles. The monoisotopic (exact) mass is 170 g/mol. The van der Waals surface area contributed by atoms with Gasteiger partial charge in [0.25, 0.3) is 0 Å². The van der Waals surface area contributed by atoms with Crippen molar-refractivity contribution >= 4 is 12.4 Å². The topological polar surface area (TPSA) is 82.2 Å². The number of hydrogen-bond donors (Lipinski definition) is 3. The third-order valence-electron chi connectivity index (χ3n) is 2.04. The predicted octanol–water partition coefficient (Wildman–Crippen LogP) is -0.910. The lowest BCUT2D eigenvalue weighted by molar-refractivity contribution is -0.119. The van der Waals surface area contributed by atoms with Crippen LogP contribution >= 0.6 is 0 Å². The summed E-state index contributed by atoms with van der Waals surface area (Å²) < 4.78 is 0. The van der Waals surface area contributed by atoms with Gasteiger partial charge in [0.05, 0.1) is 0 Å². The number of rotatable bonds is 2. The Kier molecular flexibility index (Phi) is 2.90. The van der Waals surface area contributed by atoms with Crippen LogP contribution in [-0.4, -0.2) is 36.4 Å². The van der Waals surface area contributed by atoms with Crippen molar-refractivity contribution in [1.82, 2.24) is 10.2 Å². The summed E-state index contributed by atoms with van der Waals surface area (Å²) >= 11 is 0. The maximum absolute atomic E-state index is 10.3. The van der Waals surface area contributed by atoms with Crippen LogP contribution < -0.4 is 11.1 Å². The number of amides is 1. The molecule has 5 nitrogen and oxygen atoms in total. The molecule has 1 fully saturated rings. The van der Waals surface area contributed by atoms with E-state index < -0.39 is 0 Å². The molecule has 1 rings (SSSR count). The van der Waals surface area contributed by atoms with Crippen LogP contribution in [0.5, 0.6) is 0 Å². The van der Waals surface area contributed by atoms with Crippen LogP contribution in [0.1, 0.15) is 12.8 Å². The highest BCUT2D eigenvalue weighted by molar-refractivity contribution is 5.74. The van der Waals surface area contributed by atoms with Gasteiger partial charge in [-0.3, -0.25) is 10.2 Å². The quantitative estimate of drug-likeness (QED) is 0.285. The number of hydrogen-bond acceptors (Lipinski definition) is 2. The van der Waals surface area contributed by atoms with Crippen molar-refractivity contribution in [2.45, 2.75) is 18.9 Å². The van der Waals surface area contributed by atoms with Gasteiger partial charge in [0.15, 0.2) is 5.96 Å². The van der Waals surface area contributed by atoms with Gasteiger partial charge in [0.2, 0.25) is 6.41 Å². The molecule has 12 heavy (non-hydrogen) atoms. The summed E-state index contributed by atoms with van der Waals surface area (Å²) in [6.45, 7) is 1.52. The van der Waals surface area contributed by atoms with Crippen LogP contribution in [0.25, 0.3) is 0 Å². The van der Waals surface area contributed by atoms with E-state index in [4.69, 9.17) is 11.1 Å². The number of piperidine rings is 1. The highest BCUT2D eigenvalue weighted by Gasteiger charge is 2.17. The minimum absolute atomic E-state index is 0.0135. The average molecular weight is 170 g/mol. The Morgan fingerprint density at radius 1 is 1.58 bits per heavy atom. The number of nitrogens with two attached hydrogens (primary N) is 1. The molecule has 68 valence electrons. The van der Waals surface area contributed by atoms with Gasteiger partial charge >= 0.3 is 0 Å². The minimum atomic E-state index is 0.0135. The molecule has 0 atom stereocenters. The van der Waals surface area contributed by atoms with Gasteiger partial charge in [-0.05, 0) is 12.8 Å². The van der Waals surface area contributed by atoms with Crippen LogP contribution in [0, 0.1) is 5.41 Å². The Labute approximate surface area is 71.4 Å². The number of carbonyl (C=O) groups excluding carboxylic acids is 1. The van der Waals surface area contributed by atoms with Gasteiger partial charge in [-0.2, -0.15) is 0 Å². The van der Waals surface area contributed by atoms with Crippen molar-refractivity contribution in [2.24, 2.45) is 5.73 Å². The smallest absolute Gasteiger partial charge is 0.209 e. The van der Waals surface area contributed by atoms with Crippen molar-refractivity contribution in [3.63, 3.8) is 0 Å². The molecule has 0 aromatic carbocycles. The summed E-state index contributed by atoms with van der Waals surface area (Å²) in [5.74, 6) is 0.0135. The largest absolute Gasteiger partial charge is 0.370 e. The van der Waals surface area contributed by atoms with E-state index in [1.54, 1.807) is 4.90 Å². The van der Waals surface area contributed by atoms with Crippen LogP contribution in [0.3, 0.4) is 0 Å². The van der Waals surface area contributed by atoms with Crippen LogP contribution in [0.2, 0.25) is 0 Å². The number of carbonyl (C=O) groups is 1. The predicted molar refractivity (Wildman–Crippen MR) is 45.7 cm³/mol. The molecule has 0 aliphatic carbocycles. The Morgan fingerprint density at radius 3 is 2.58 bits per heavy atom. The second-order valence-corrected chi connectivity index (χ2v) is 2.97. The summed E-state index contributed by atoms with van der Waals surface area (Å²) in [6, 6.07) is 0.263. The van der Waals surface area contributed by atoms with Gasteiger partial charge in [0.1, 0.15) is 0 Å². The van der Waals surface area contributed by atoms with Crippen molar-refractivity contribution in [2.75, 3.05) is 13.1 Å². The lowest BCUT2D eigenvalue weighted by Gasteiger charge is -2.29. The van der Waals surface area contributed by atoms with E-state index in [0.717, 1.165) is 32.3 Å². The number of likely N-dealkylation sites (tertiary alicyclic amines) is 1. The van der Waals surface area contributed by atoms with Crippen LogP contribution in [0.15, 0.2) is 0 Å². The first-order valence-electron chi connectivity index (χ1n) is 4.02. The Morgan fingerprint density at radius 2 is 2.17 bits per heavy atom. The fourth-order valence-electron chi connectivity index (χ4n) is 1.37. The lowest BCUT2D eigenvalue weighted by atomic mass is 10.1. The summed E-state index contributed by atoms with van der Waals surface area (Å²) in [7, 11) is 0. The highest BCUT2D eigenvalue weighted by atomic mass is 16.1. The SMILES string of the molecule is N=C(N)NC1CCN(C=O)CC1. The molecular weight excluding hydrogens is 156 g/mol. The zero-order chi connectivity index (χ0) is 8.97. The zero-order valence-electron chi connectivity index (χ0n) is 6.92. The van der Waals surface area contributed by atoms with Crippen molar-refractivity contribution < 1.29 is 4.79 Å². The van der Waals surface area contributed by atoms with Crippen molar-refractivity contribution in [3.05, 3.63) is 0 Å². The first-order chi connectivity index (χ1) is 5.72. The summed E-state index contributed by atoms with van der Waals surface area (Å²) in [4.78, 5) is 12.1. The second-order valence-electron chi connectivity index (χ2n) is 2.97. The molecule has 5 heteroatoms. The van der Waals surface area contributed by atoms with Gasteiger partial charge in [-0.1, -0.05) is 0 Å². The molecule has 0 saturated carbocycles. The van der Waals surface area contributed by atoms with E-state index in [1.165, 1.54) is 0 Å². The number of guanidine groups is 1. The second kappa shape index (κ2) is 3.94.